The molecule has 0 heterocycles. The van der Waals surface area contributed by atoms with Crippen LogP contribution in [0, 0.1) is 35.5 Å². The summed E-state index contributed by atoms with van der Waals surface area (Å²) in [5.41, 5.74) is 10.4. The predicted octanol–water partition coefficient (Wildman–Crippen LogP) is 12.9. The van der Waals surface area contributed by atoms with E-state index in [0.29, 0.717) is 10.8 Å². The van der Waals surface area contributed by atoms with Crippen molar-refractivity contribution >= 4 is 27.8 Å². The highest BCUT2D eigenvalue weighted by atomic mass is 15.1. The van der Waals surface area contributed by atoms with Crippen LogP contribution in [-0.4, -0.2) is 0 Å². The van der Waals surface area contributed by atoms with Crippen molar-refractivity contribution in [3.63, 3.8) is 0 Å². The van der Waals surface area contributed by atoms with E-state index in [9.17, 15) is 0 Å². The van der Waals surface area contributed by atoms with Crippen molar-refractivity contribution in [2.75, 3.05) is 4.90 Å². The minimum absolute atomic E-state index is 0.430. The summed E-state index contributed by atoms with van der Waals surface area (Å²) in [5, 5.41) is 2.59. The van der Waals surface area contributed by atoms with Crippen LogP contribution in [-0.2, 0) is 10.8 Å². The molecular formula is C48H49N. The minimum Gasteiger partial charge on any atom is -0.311 e. The molecule has 1 heteroatoms. The Morgan fingerprint density at radius 2 is 0.735 bits per heavy atom. The van der Waals surface area contributed by atoms with Gasteiger partial charge in [0, 0.05) is 17.1 Å². The molecule has 5 aromatic carbocycles. The van der Waals surface area contributed by atoms with Crippen molar-refractivity contribution in [3.8, 4) is 11.1 Å². The Bertz CT molecular complexity index is 1860. The molecule has 1 nitrogen and oxygen atoms in total. The molecule has 0 saturated heterocycles. The molecule has 8 aliphatic carbocycles. The third kappa shape index (κ3) is 4.78. The lowest BCUT2D eigenvalue weighted by Crippen LogP contribution is -2.48. The Balaban J connectivity index is 0.949. The minimum atomic E-state index is 0.430. The Morgan fingerprint density at radius 1 is 0.367 bits per heavy atom. The van der Waals surface area contributed by atoms with Crippen LogP contribution in [0.5, 0.6) is 0 Å². The Morgan fingerprint density at radius 3 is 1.16 bits per heavy atom. The second-order valence-electron chi connectivity index (χ2n) is 17.9. The summed E-state index contributed by atoms with van der Waals surface area (Å²) < 4.78 is 0. The first-order chi connectivity index (χ1) is 24.1. The van der Waals surface area contributed by atoms with E-state index in [1.807, 2.05) is 0 Å². The maximum absolute atomic E-state index is 2.52. The van der Waals surface area contributed by atoms with Crippen molar-refractivity contribution < 1.29 is 0 Å². The van der Waals surface area contributed by atoms with Gasteiger partial charge < -0.3 is 4.90 Å². The van der Waals surface area contributed by atoms with Gasteiger partial charge in [0.2, 0.25) is 0 Å². The summed E-state index contributed by atoms with van der Waals surface area (Å²) in [6.07, 6.45) is 17.5. The van der Waals surface area contributed by atoms with Crippen LogP contribution in [0.25, 0.3) is 21.9 Å². The van der Waals surface area contributed by atoms with Gasteiger partial charge in [-0.2, -0.15) is 0 Å². The zero-order valence-corrected chi connectivity index (χ0v) is 28.9. The SMILES string of the molecule is c1ccc2cc(-c3ccc(N(c4ccc(C56CC7CC(CC(C7)C5)C6)cc4)c4ccc(C56CC7CC(CC(C7)C5)C6)cc4)cc3)ccc2c1. The highest BCUT2D eigenvalue weighted by Crippen LogP contribution is 2.62. The second kappa shape index (κ2) is 10.8. The standard InChI is InChI=1S/C48H49N/c1-2-4-40-25-41(6-5-38(40)3-1)39-7-13-44(14-8-39)49(45-15-9-42(10-16-45)47-26-32-19-33(27-47)21-34(20-32)28-47)46-17-11-43(12-18-46)48-29-35-22-36(30-48)24-37(23-35)31-48/h1-18,25,32-37H,19-24,26-31H2. The number of benzene rings is 5. The smallest absolute Gasteiger partial charge is 0.0462 e. The molecule has 0 radical (unpaired) electrons. The second-order valence-corrected chi connectivity index (χ2v) is 17.9. The van der Waals surface area contributed by atoms with Crippen LogP contribution in [0.15, 0.2) is 115 Å². The van der Waals surface area contributed by atoms with Crippen LogP contribution >= 0.6 is 0 Å². The molecule has 8 aliphatic rings. The maximum atomic E-state index is 2.52. The van der Waals surface area contributed by atoms with Crippen molar-refractivity contribution in [3.05, 3.63) is 126 Å². The molecule has 0 amide bonds. The molecule has 0 atom stereocenters. The third-order valence-electron chi connectivity index (χ3n) is 14.8. The molecule has 8 bridgehead atoms. The number of rotatable bonds is 6. The van der Waals surface area contributed by atoms with Gasteiger partial charge in [0.15, 0.2) is 0 Å². The van der Waals surface area contributed by atoms with Gasteiger partial charge in [0.25, 0.3) is 0 Å². The van der Waals surface area contributed by atoms with E-state index in [0.717, 1.165) is 35.5 Å². The lowest BCUT2D eigenvalue weighted by molar-refractivity contribution is -0.00529. The lowest BCUT2D eigenvalue weighted by Gasteiger charge is -2.57. The first kappa shape index (κ1) is 28.9. The fraction of sp³-hybridized carbons (Fsp3) is 0.417. The first-order valence-electron chi connectivity index (χ1n) is 19.7. The maximum Gasteiger partial charge on any atom is 0.0462 e. The van der Waals surface area contributed by atoms with Crippen molar-refractivity contribution in [2.24, 2.45) is 35.5 Å². The molecule has 13 rings (SSSR count). The van der Waals surface area contributed by atoms with Crippen LogP contribution in [0.3, 0.4) is 0 Å². The van der Waals surface area contributed by atoms with Gasteiger partial charge in [0.05, 0.1) is 0 Å². The molecule has 49 heavy (non-hydrogen) atoms. The van der Waals surface area contributed by atoms with Gasteiger partial charge in [-0.3, -0.25) is 0 Å². The topological polar surface area (TPSA) is 3.24 Å². The monoisotopic (exact) mass is 639 g/mol. The fourth-order valence-corrected chi connectivity index (χ4v) is 13.5. The summed E-state index contributed by atoms with van der Waals surface area (Å²) in [6.45, 7) is 0. The summed E-state index contributed by atoms with van der Waals surface area (Å²) in [6, 6.07) is 44.7. The van der Waals surface area contributed by atoms with E-state index < -0.39 is 0 Å². The van der Waals surface area contributed by atoms with Gasteiger partial charge in [-0.25, -0.2) is 0 Å². The molecule has 8 fully saturated rings. The van der Waals surface area contributed by atoms with Gasteiger partial charge >= 0.3 is 0 Å². The fourth-order valence-electron chi connectivity index (χ4n) is 13.5. The van der Waals surface area contributed by atoms with Crippen LogP contribution in [0.2, 0.25) is 0 Å². The Hall–Kier alpha value is -3.84. The van der Waals surface area contributed by atoms with Crippen LogP contribution in [0.4, 0.5) is 17.1 Å². The van der Waals surface area contributed by atoms with E-state index in [1.54, 1.807) is 11.1 Å². The molecule has 0 N–H and O–H groups in total. The van der Waals surface area contributed by atoms with E-state index in [-0.39, 0.29) is 0 Å². The average molecular weight is 640 g/mol. The van der Waals surface area contributed by atoms with Crippen molar-refractivity contribution in [1.82, 2.24) is 0 Å². The molecule has 5 aromatic rings. The summed E-state index contributed by atoms with van der Waals surface area (Å²) >= 11 is 0. The summed E-state index contributed by atoms with van der Waals surface area (Å²) in [4.78, 5) is 2.51. The number of anilines is 3. The first-order valence-corrected chi connectivity index (χ1v) is 19.7. The van der Waals surface area contributed by atoms with Gasteiger partial charge in [0.1, 0.15) is 0 Å². The van der Waals surface area contributed by atoms with Crippen LogP contribution < -0.4 is 4.90 Å². The quantitative estimate of drug-likeness (QED) is 0.179. The van der Waals surface area contributed by atoms with Crippen LogP contribution in [0.1, 0.15) is 88.2 Å². The molecule has 8 saturated carbocycles. The summed E-state index contributed by atoms with van der Waals surface area (Å²) in [5.74, 6) is 5.81. The zero-order valence-electron chi connectivity index (χ0n) is 28.9. The molecule has 0 aliphatic heterocycles. The van der Waals surface area contributed by atoms with Crippen molar-refractivity contribution in [2.45, 2.75) is 87.9 Å². The predicted molar refractivity (Wildman–Crippen MR) is 204 cm³/mol. The van der Waals surface area contributed by atoms with E-state index in [2.05, 4.69) is 120 Å². The van der Waals surface area contributed by atoms with Gasteiger partial charge in [-0.1, -0.05) is 72.8 Å². The number of hydrogen-bond acceptors (Lipinski definition) is 1. The number of nitrogens with zero attached hydrogens (tertiary/aromatic N) is 1. The molecule has 0 unspecified atom stereocenters. The largest absolute Gasteiger partial charge is 0.311 e. The van der Waals surface area contributed by atoms with Gasteiger partial charge in [-0.05, 0) is 199 Å². The molecule has 0 spiro atoms. The molecule has 0 aromatic heterocycles. The zero-order chi connectivity index (χ0) is 32.2. The van der Waals surface area contributed by atoms with E-state index >= 15 is 0 Å². The highest BCUT2D eigenvalue weighted by Gasteiger charge is 2.52. The highest BCUT2D eigenvalue weighted by molar-refractivity contribution is 5.88. The molecule has 246 valence electrons. The van der Waals surface area contributed by atoms with E-state index in [4.69, 9.17) is 0 Å². The Labute approximate surface area is 292 Å². The molecular weight excluding hydrogens is 591 g/mol. The van der Waals surface area contributed by atoms with Crippen molar-refractivity contribution in [1.29, 1.82) is 0 Å². The lowest BCUT2D eigenvalue weighted by atomic mass is 9.48. The average Bonchev–Trinajstić information content (AvgIpc) is 3.11. The summed E-state index contributed by atoms with van der Waals surface area (Å²) in [7, 11) is 0. The third-order valence-corrected chi connectivity index (χ3v) is 14.8. The number of fused-ring (bicyclic) bond motifs is 1. The Kier molecular flexibility index (Phi) is 6.40. The van der Waals surface area contributed by atoms with E-state index in [1.165, 1.54) is 116 Å². The number of hydrogen-bond donors (Lipinski definition) is 0. The van der Waals surface area contributed by atoms with Gasteiger partial charge in [-0.15, -0.1) is 0 Å². The normalized spacial score (nSPS) is 33.7.